The molecule has 0 saturated carbocycles. The van der Waals surface area contributed by atoms with Crippen LogP contribution in [-0.4, -0.2) is 11.9 Å². The third-order valence-corrected chi connectivity index (χ3v) is 3.06. The monoisotopic (exact) mass is 269 g/mol. The fraction of sp³-hybridized carbons (Fsp3) is 0.462. The van der Waals surface area contributed by atoms with Crippen molar-refractivity contribution in [2.24, 2.45) is 5.73 Å². The summed E-state index contributed by atoms with van der Waals surface area (Å²) in [5, 5.41) is 3.66. The van der Waals surface area contributed by atoms with Crippen LogP contribution in [0.25, 0.3) is 0 Å². The van der Waals surface area contributed by atoms with E-state index < -0.39 is 5.91 Å². The zero-order valence-electron chi connectivity index (χ0n) is 10.8. The van der Waals surface area contributed by atoms with Crippen LogP contribution in [0.3, 0.4) is 0 Å². The van der Waals surface area contributed by atoms with E-state index >= 15 is 0 Å². The summed E-state index contributed by atoms with van der Waals surface area (Å²) in [6.45, 7) is 4.19. The first-order chi connectivity index (χ1) is 8.45. The molecule has 0 aliphatic carbocycles. The number of anilines is 2. The van der Waals surface area contributed by atoms with Gasteiger partial charge < -0.3 is 16.8 Å². The van der Waals surface area contributed by atoms with E-state index in [-0.39, 0.29) is 6.04 Å². The first-order valence-electron chi connectivity index (χ1n) is 6.11. The highest BCUT2D eigenvalue weighted by atomic mass is 35.5. The highest BCUT2D eigenvalue weighted by Crippen LogP contribution is 2.30. The number of nitrogen functional groups attached to an aromatic ring is 1. The van der Waals surface area contributed by atoms with Crippen LogP contribution in [-0.2, 0) is 0 Å². The molecule has 5 heteroatoms. The zero-order chi connectivity index (χ0) is 13.7. The van der Waals surface area contributed by atoms with Crippen LogP contribution < -0.4 is 16.8 Å². The van der Waals surface area contributed by atoms with E-state index in [1.165, 1.54) is 0 Å². The number of primary amides is 1. The first-order valence-corrected chi connectivity index (χ1v) is 6.48. The van der Waals surface area contributed by atoms with E-state index in [9.17, 15) is 4.79 Å². The van der Waals surface area contributed by atoms with Gasteiger partial charge >= 0.3 is 0 Å². The number of halogens is 1. The molecule has 100 valence electrons. The van der Waals surface area contributed by atoms with Crippen LogP contribution >= 0.6 is 11.6 Å². The lowest BCUT2D eigenvalue weighted by molar-refractivity contribution is 0.100. The quantitative estimate of drug-likeness (QED) is 0.695. The predicted octanol–water partition coefficient (Wildman–Crippen LogP) is 3.01. The van der Waals surface area contributed by atoms with Crippen molar-refractivity contribution in [3.8, 4) is 0 Å². The Bertz CT molecular complexity index is 434. The molecule has 0 aliphatic heterocycles. The van der Waals surface area contributed by atoms with Crippen molar-refractivity contribution in [3.63, 3.8) is 0 Å². The number of benzene rings is 1. The van der Waals surface area contributed by atoms with Gasteiger partial charge in [-0.05, 0) is 25.5 Å². The van der Waals surface area contributed by atoms with Crippen LogP contribution in [0, 0.1) is 0 Å². The van der Waals surface area contributed by atoms with Crippen molar-refractivity contribution in [2.45, 2.75) is 39.2 Å². The Labute approximate surface area is 113 Å². The largest absolute Gasteiger partial charge is 0.399 e. The average Bonchev–Trinajstić information content (AvgIpc) is 2.29. The van der Waals surface area contributed by atoms with Crippen LogP contribution in [0.4, 0.5) is 11.4 Å². The molecule has 0 radical (unpaired) electrons. The summed E-state index contributed by atoms with van der Waals surface area (Å²) in [6.07, 6.45) is 3.26. The summed E-state index contributed by atoms with van der Waals surface area (Å²) < 4.78 is 0. The molecule has 1 atom stereocenters. The fourth-order valence-electron chi connectivity index (χ4n) is 1.80. The second-order valence-corrected chi connectivity index (χ2v) is 4.88. The molecular weight excluding hydrogens is 250 g/mol. The number of amides is 1. The minimum atomic E-state index is -0.533. The van der Waals surface area contributed by atoms with Gasteiger partial charge in [0, 0.05) is 11.7 Å². The minimum Gasteiger partial charge on any atom is -0.399 e. The molecule has 0 aliphatic rings. The Balaban J connectivity index is 2.96. The van der Waals surface area contributed by atoms with Gasteiger partial charge in [-0.25, -0.2) is 0 Å². The summed E-state index contributed by atoms with van der Waals surface area (Å²) in [7, 11) is 0. The molecular formula is C13H20ClN3O. The number of nitrogens with one attached hydrogen (secondary N) is 1. The maximum absolute atomic E-state index is 11.4. The standard InChI is InChI=1S/C13H20ClN3O/c1-3-4-5-8(2)17-12-10(13(16)18)6-9(15)7-11(12)14/h6-8,17H,3-5,15H2,1-2H3,(H2,16,18). The number of carbonyl (C=O) groups excluding carboxylic acids is 1. The van der Waals surface area contributed by atoms with E-state index in [4.69, 9.17) is 23.1 Å². The molecule has 0 fully saturated rings. The highest BCUT2D eigenvalue weighted by Gasteiger charge is 2.15. The van der Waals surface area contributed by atoms with Crippen LogP contribution in [0.15, 0.2) is 12.1 Å². The lowest BCUT2D eigenvalue weighted by Crippen LogP contribution is -2.20. The second-order valence-electron chi connectivity index (χ2n) is 4.48. The van der Waals surface area contributed by atoms with E-state index in [1.807, 2.05) is 6.92 Å². The van der Waals surface area contributed by atoms with Crippen LogP contribution in [0.2, 0.25) is 5.02 Å². The normalized spacial score (nSPS) is 12.2. The molecule has 1 aromatic rings. The van der Waals surface area contributed by atoms with Crippen LogP contribution in [0.5, 0.6) is 0 Å². The number of hydrogen-bond acceptors (Lipinski definition) is 3. The fourth-order valence-corrected chi connectivity index (χ4v) is 2.08. The van der Waals surface area contributed by atoms with Crippen molar-refractivity contribution in [3.05, 3.63) is 22.7 Å². The average molecular weight is 270 g/mol. The molecule has 1 rings (SSSR count). The van der Waals surface area contributed by atoms with E-state index in [1.54, 1.807) is 12.1 Å². The van der Waals surface area contributed by atoms with Gasteiger partial charge in [0.05, 0.1) is 16.3 Å². The van der Waals surface area contributed by atoms with Crippen LogP contribution in [0.1, 0.15) is 43.5 Å². The maximum atomic E-state index is 11.4. The lowest BCUT2D eigenvalue weighted by Gasteiger charge is -2.18. The zero-order valence-corrected chi connectivity index (χ0v) is 11.6. The van der Waals surface area contributed by atoms with Crippen molar-refractivity contribution in [2.75, 3.05) is 11.1 Å². The first kappa shape index (κ1) is 14.6. The molecule has 0 bridgehead atoms. The summed E-state index contributed by atoms with van der Waals surface area (Å²) in [5.41, 5.74) is 12.3. The minimum absolute atomic E-state index is 0.226. The number of unbranched alkanes of at least 4 members (excludes halogenated alkanes) is 1. The number of nitrogens with two attached hydrogens (primary N) is 2. The topological polar surface area (TPSA) is 81.1 Å². The number of hydrogen-bond donors (Lipinski definition) is 3. The Morgan fingerprint density at radius 2 is 2.17 bits per heavy atom. The van der Waals surface area contributed by atoms with Gasteiger partial charge in [0.1, 0.15) is 0 Å². The maximum Gasteiger partial charge on any atom is 0.250 e. The van der Waals surface area contributed by atoms with E-state index in [0.29, 0.717) is 22.0 Å². The van der Waals surface area contributed by atoms with Crippen molar-refractivity contribution in [1.82, 2.24) is 0 Å². The van der Waals surface area contributed by atoms with Crippen molar-refractivity contribution < 1.29 is 4.79 Å². The third kappa shape index (κ3) is 3.81. The van der Waals surface area contributed by atoms with Crippen molar-refractivity contribution >= 4 is 28.9 Å². The Hall–Kier alpha value is -1.42. The lowest BCUT2D eigenvalue weighted by atomic mass is 10.1. The predicted molar refractivity (Wildman–Crippen MR) is 77.0 cm³/mol. The summed E-state index contributed by atoms with van der Waals surface area (Å²) in [6, 6.07) is 3.38. The second kappa shape index (κ2) is 6.50. The summed E-state index contributed by atoms with van der Waals surface area (Å²) in [5.74, 6) is -0.533. The Kier molecular flexibility index (Phi) is 5.28. The molecule has 0 aromatic heterocycles. The highest BCUT2D eigenvalue weighted by molar-refractivity contribution is 6.34. The van der Waals surface area contributed by atoms with Gasteiger partial charge in [-0.3, -0.25) is 4.79 Å². The van der Waals surface area contributed by atoms with Gasteiger partial charge in [0.25, 0.3) is 5.91 Å². The van der Waals surface area contributed by atoms with E-state index in [2.05, 4.69) is 12.2 Å². The van der Waals surface area contributed by atoms with Gasteiger partial charge in [0.15, 0.2) is 0 Å². The molecule has 1 aromatic carbocycles. The Morgan fingerprint density at radius 3 is 2.72 bits per heavy atom. The smallest absolute Gasteiger partial charge is 0.250 e. The summed E-state index contributed by atoms with van der Waals surface area (Å²) in [4.78, 5) is 11.4. The number of carbonyl (C=O) groups is 1. The molecule has 5 N–H and O–H groups in total. The molecule has 1 amide bonds. The van der Waals surface area contributed by atoms with Gasteiger partial charge in [-0.15, -0.1) is 0 Å². The third-order valence-electron chi connectivity index (χ3n) is 2.76. The Morgan fingerprint density at radius 1 is 1.50 bits per heavy atom. The van der Waals surface area contributed by atoms with E-state index in [0.717, 1.165) is 19.3 Å². The molecule has 1 unspecified atom stereocenters. The molecule has 4 nitrogen and oxygen atoms in total. The van der Waals surface area contributed by atoms with Gasteiger partial charge in [0.2, 0.25) is 0 Å². The molecule has 18 heavy (non-hydrogen) atoms. The molecule has 0 spiro atoms. The van der Waals surface area contributed by atoms with Gasteiger partial charge in [-0.1, -0.05) is 31.4 Å². The number of rotatable bonds is 6. The molecule has 0 saturated heterocycles. The summed E-state index contributed by atoms with van der Waals surface area (Å²) >= 11 is 6.11. The molecule has 0 heterocycles. The van der Waals surface area contributed by atoms with Crippen molar-refractivity contribution in [1.29, 1.82) is 0 Å². The SMILES string of the molecule is CCCCC(C)Nc1c(Cl)cc(N)cc1C(N)=O. The van der Waals surface area contributed by atoms with Gasteiger partial charge in [-0.2, -0.15) is 0 Å².